The zero-order valence-electron chi connectivity index (χ0n) is 15.8. The van der Waals surface area contributed by atoms with Crippen molar-refractivity contribution in [3.05, 3.63) is 96.1 Å². The average Bonchev–Trinajstić information content (AvgIpc) is 3.12. The maximum Gasteiger partial charge on any atom is 0.251 e. The minimum absolute atomic E-state index is 0.0239. The maximum atomic E-state index is 12.8. The normalized spacial score (nSPS) is 10.8. The lowest BCUT2D eigenvalue weighted by Gasteiger charge is -2.10. The highest BCUT2D eigenvalue weighted by atomic mass is 16.1. The minimum atomic E-state index is -0.157. The van der Waals surface area contributed by atoms with Crippen molar-refractivity contribution < 1.29 is 9.59 Å². The number of pyridine rings is 1. The molecular weight excluding hydrogens is 364 g/mol. The summed E-state index contributed by atoms with van der Waals surface area (Å²) >= 11 is 0. The van der Waals surface area contributed by atoms with Crippen LogP contribution < -0.4 is 5.32 Å². The molecule has 0 spiro atoms. The summed E-state index contributed by atoms with van der Waals surface area (Å²) in [5.74, 6) is 0.636. The van der Waals surface area contributed by atoms with Crippen LogP contribution in [0.2, 0.25) is 0 Å². The number of nitrogens with zero attached hydrogens (tertiary/aromatic N) is 3. The third-order valence-corrected chi connectivity index (χ3v) is 4.71. The molecule has 0 saturated heterocycles. The lowest BCUT2D eigenvalue weighted by atomic mass is 10.1. The Morgan fingerprint density at radius 3 is 2.38 bits per heavy atom. The van der Waals surface area contributed by atoms with E-state index < -0.39 is 0 Å². The second kappa shape index (κ2) is 8.48. The number of imidazole rings is 1. The lowest BCUT2D eigenvalue weighted by molar-refractivity contribution is 0.0948. The Balaban J connectivity index is 1.52. The number of ketones is 1. The van der Waals surface area contributed by atoms with Crippen molar-refractivity contribution in [1.29, 1.82) is 0 Å². The highest BCUT2D eigenvalue weighted by Gasteiger charge is 2.15. The first-order valence-electron chi connectivity index (χ1n) is 9.43. The number of hydrogen-bond acceptors (Lipinski definition) is 4. The van der Waals surface area contributed by atoms with E-state index in [9.17, 15) is 9.59 Å². The number of carbonyl (C=O) groups excluding carboxylic acids is 2. The van der Waals surface area contributed by atoms with Gasteiger partial charge < -0.3 is 9.88 Å². The van der Waals surface area contributed by atoms with E-state index in [1.807, 2.05) is 59.2 Å². The predicted molar refractivity (Wildman–Crippen MR) is 111 cm³/mol. The van der Waals surface area contributed by atoms with Gasteiger partial charge in [0.05, 0.1) is 17.6 Å². The molecular formula is C23H20N4O2. The van der Waals surface area contributed by atoms with Crippen molar-refractivity contribution in [1.82, 2.24) is 19.9 Å². The van der Waals surface area contributed by atoms with E-state index in [4.69, 9.17) is 0 Å². The highest BCUT2D eigenvalue weighted by molar-refractivity contribution is 5.96. The van der Waals surface area contributed by atoms with Crippen molar-refractivity contribution >= 4 is 22.7 Å². The summed E-state index contributed by atoms with van der Waals surface area (Å²) in [4.78, 5) is 33.6. The SMILES string of the molecule is O=C(Cn1c(CCNC(=O)c2ccncc2)nc2ccccc21)c1ccccc1. The third kappa shape index (κ3) is 4.21. The number of nitrogens with one attached hydrogen (secondary N) is 1. The number of hydrogen-bond donors (Lipinski definition) is 1. The molecule has 2 aromatic carbocycles. The molecule has 0 aliphatic heterocycles. The Bertz CT molecular complexity index is 1140. The maximum absolute atomic E-state index is 12.8. The summed E-state index contributed by atoms with van der Waals surface area (Å²) in [6, 6.07) is 20.3. The first kappa shape index (κ1) is 18.6. The Morgan fingerprint density at radius 2 is 1.59 bits per heavy atom. The van der Waals surface area contributed by atoms with Gasteiger partial charge in [-0.05, 0) is 24.3 Å². The molecule has 0 fully saturated rings. The number of aromatic nitrogens is 3. The van der Waals surface area contributed by atoms with Gasteiger partial charge in [0.1, 0.15) is 5.82 Å². The van der Waals surface area contributed by atoms with E-state index in [1.54, 1.807) is 24.5 Å². The fraction of sp³-hybridized carbons (Fsp3) is 0.130. The Kier molecular flexibility index (Phi) is 5.42. The van der Waals surface area contributed by atoms with Gasteiger partial charge in [-0.1, -0.05) is 42.5 Å². The van der Waals surface area contributed by atoms with Crippen molar-refractivity contribution in [3.8, 4) is 0 Å². The van der Waals surface area contributed by atoms with Gasteiger partial charge in [-0.25, -0.2) is 4.98 Å². The van der Waals surface area contributed by atoms with Crippen molar-refractivity contribution in [3.63, 3.8) is 0 Å². The Labute approximate surface area is 168 Å². The molecule has 1 N–H and O–H groups in total. The van der Waals surface area contributed by atoms with Gasteiger partial charge in [0, 0.05) is 36.5 Å². The molecule has 0 atom stereocenters. The largest absolute Gasteiger partial charge is 0.352 e. The zero-order chi connectivity index (χ0) is 20.1. The van der Waals surface area contributed by atoms with Crippen LogP contribution in [0.1, 0.15) is 26.5 Å². The van der Waals surface area contributed by atoms with Crippen LogP contribution in [0.25, 0.3) is 11.0 Å². The Hall–Kier alpha value is -3.80. The van der Waals surface area contributed by atoms with Crippen LogP contribution in [0.4, 0.5) is 0 Å². The summed E-state index contributed by atoms with van der Waals surface area (Å²) in [5.41, 5.74) is 2.98. The monoisotopic (exact) mass is 384 g/mol. The standard InChI is InChI=1S/C23H20N4O2/c28-21(17-6-2-1-3-7-17)16-27-20-9-5-4-8-19(20)26-22(27)12-15-25-23(29)18-10-13-24-14-11-18/h1-11,13-14H,12,15-16H2,(H,25,29). The van der Waals surface area contributed by atoms with Gasteiger partial charge in [-0.2, -0.15) is 0 Å². The van der Waals surface area contributed by atoms with E-state index in [2.05, 4.69) is 15.3 Å². The predicted octanol–water partition coefficient (Wildman–Crippen LogP) is 3.29. The second-order valence-electron chi connectivity index (χ2n) is 6.63. The van der Waals surface area contributed by atoms with E-state index in [1.165, 1.54) is 0 Å². The number of para-hydroxylation sites is 2. The summed E-state index contributed by atoms with van der Waals surface area (Å²) in [6.45, 7) is 0.627. The first-order chi connectivity index (χ1) is 14.2. The number of amides is 1. The molecule has 2 aromatic heterocycles. The van der Waals surface area contributed by atoms with Crippen molar-refractivity contribution in [2.24, 2.45) is 0 Å². The molecule has 6 heteroatoms. The number of Topliss-reactive ketones (excluding diaryl/α,β-unsaturated/α-hetero) is 1. The van der Waals surface area contributed by atoms with Crippen LogP contribution in [0.5, 0.6) is 0 Å². The second-order valence-corrected chi connectivity index (χ2v) is 6.63. The van der Waals surface area contributed by atoms with Crippen molar-refractivity contribution in [2.45, 2.75) is 13.0 Å². The molecule has 29 heavy (non-hydrogen) atoms. The summed E-state index contributed by atoms with van der Waals surface area (Å²) in [7, 11) is 0. The summed E-state index contributed by atoms with van der Waals surface area (Å²) < 4.78 is 1.93. The number of benzene rings is 2. The van der Waals surface area contributed by atoms with Crippen LogP contribution >= 0.6 is 0 Å². The molecule has 2 heterocycles. The number of carbonyl (C=O) groups is 2. The van der Waals surface area contributed by atoms with Crippen molar-refractivity contribution in [2.75, 3.05) is 6.54 Å². The Morgan fingerprint density at radius 1 is 0.862 bits per heavy atom. The highest BCUT2D eigenvalue weighted by Crippen LogP contribution is 2.17. The van der Waals surface area contributed by atoms with Gasteiger partial charge >= 0.3 is 0 Å². The van der Waals surface area contributed by atoms with E-state index in [0.717, 1.165) is 16.9 Å². The fourth-order valence-electron chi connectivity index (χ4n) is 3.24. The van der Waals surface area contributed by atoms with E-state index >= 15 is 0 Å². The van der Waals surface area contributed by atoms with Crippen LogP contribution in [0, 0.1) is 0 Å². The van der Waals surface area contributed by atoms with Crippen LogP contribution in [0.15, 0.2) is 79.1 Å². The van der Waals surface area contributed by atoms with Gasteiger partial charge in [0.2, 0.25) is 0 Å². The number of fused-ring (bicyclic) bond motifs is 1. The van der Waals surface area contributed by atoms with Gasteiger partial charge in [0.25, 0.3) is 5.91 Å². The minimum Gasteiger partial charge on any atom is -0.352 e. The topological polar surface area (TPSA) is 76.9 Å². The average molecular weight is 384 g/mol. The number of rotatable bonds is 7. The molecule has 6 nitrogen and oxygen atoms in total. The molecule has 4 aromatic rings. The fourth-order valence-corrected chi connectivity index (χ4v) is 3.24. The molecule has 0 aliphatic carbocycles. The molecule has 1 amide bonds. The van der Waals surface area contributed by atoms with E-state index in [0.29, 0.717) is 24.1 Å². The van der Waals surface area contributed by atoms with Gasteiger partial charge in [-0.3, -0.25) is 14.6 Å². The summed E-state index contributed by atoms with van der Waals surface area (Å²) in [6.07, 6.45) is 3.70. The molecule has 4 rings (SSSR count). The van der Waals surface area contributed by atoms with E-state index in [-0.39, 0.29) is 18.2 Å². The quantitative estimate of drug-likeness (QED) is 0.496. The first-order valence-corrected chi connectivity index (χ1v) is 9.43. The molecule has 144 valence electrons. The molecule has 0 saturated carbocycles. The zero-order valence-corrected chi connectivity index (χ0v) is 15.8. The van der Waals surface area contributed by atoms with Crippen LogP contribution in [-0.4, -0.2) is 32.8 Å². The molecule has 0 unspecified atom stereocenters. The van der Waals surface area contributed by atoms with Gasteiger partial charge in [-0.15, -0.1) is 0 Å². The third-order valence-electron chi connectivity index (χ3n) is 4.71. The van der Waals surface area contributed by atoms with Gasteiger partial charge in [0.15, 0.2) is 5.78 Å². The smallest absolute Gasteiger partial charge is 0.251 e. The molecule has 0 radical (unpaired) electrons. The van der Waals surface area contributed by atoms with Crippen LogP contribution in [-0.2, 0) is 13.0 Å². The molecule has 0 aliphatic rings. The summed E-state index contributed by atoms with van der Waals surface area (Å²) in [5, 5.41) is 2.90. The molecule has 0 bridgehead atoms. The lowest BCUT2D eigenvalue weighted by Crippen LogP contribution is -2.26. The van der Waals surface area contributed by atoms with Crippen LogP contribution in [0.3, 0.4) is 0 Å².